The number of hydrogen-bond acceptors (Lipinski definition) is 5. The summed E-state index contributed by atoms with van der Waals surface area (Å²) in [5.74, 6) is -0.823. The Labute approximate surface area is 209 Å². The molecule has 1 aliphatic heterocycles. The number of methoxy groups -OCH3 is 1. The largest absolute Gasteiger partial charge is 0.465 e. The Morgan fingerprint density at radius 3 is 2.71 bits per heavy atom. The normalized spacial score (nSPS) is 28.0. The molecular formula is C27H34FN2O4S+. The lowest BCUT2D eigenvalue weighted by Crippen LogP contribution is -3.16. The molecule has 6 nitrogen and oxygen atoms in total. The molecule has 5 rings (SSSR count). The van der Waals surface area contributed by atoms with E-state index in [9.17, 15) is 19.1 Å². The van der Waals surface area contributed by atoms with Crippen LogP contribution in [0.2, 0.25) is 0 Å². The molecule has 3 aliphatic rings. The zero-order chi connectivity index (χ0) is 24.6. The molecule has 0 spiro atoms. The number of piperidine rings is 1. The highest BCUT2D eigenvalue weighted by molar-refractivity contribution is 7.17. The molecule has 1 aromatic heterocycles. The van der Waals surface area contributed by atoms with Crippen LogP contribution in [0.15, 0.2) is 24.3 Å². The van der Waals surface area contributed by atoms with Crippen molar-refractivity contribution in [2.24, 2.45) is 5.92 Å². The first-order valence-corrected chi connectivity index (χ1v) is 13.6. The summed E-state index contributed by atoms with van der Waals surface area (Å²) in [5, 5.41) is 15.1. The molecule has 4 atom stereocenters. The van der Waals surface area contributed by atoms with Crippen LogP contribution in [0.1, 0.15) is 77.3 Å². The highest BCUT2D eigenvalue weighted by Gasteiger charge is 2.52. The molecule has 1 saturated heterocycles. The summed E-state index contributed by atoms with van der Waals surface area (Å²) in [7, 11) is 1.37. The maximum Gasteiger partial charge on any atom is 0.341 e. The van der Waals surface area contributed by atoms with Gasteiger partial charge in [-0.2, -0.15) is 0 Å². The van der Waals surface area contributed by atoms with Gasteiger partial charge in [-0.1, -0.05) is 25.0 Å². The van der Waals surface area contributed by atoms with E-state index in [0.717, 1.165) is 72.3 Å². The van der Waals surface area contributed by atoms with Gasteiger partial charge in [0.05, 0.1) is 24.8 Å². The Hall–Kier alpha value is -2.29. The molecule has 2 aliphatic carbocycles. The lowest BCUT2D eigenvalue weighted by Gasteiger charge is -2.50. The van der Waals surface area contributed by atoms with Crippen LogP contribution >= 0.6 is 11.3 Å². The molecule has 0 radical (unpaired) electrons. The van der Waals surface area contributed by atoms with Gasteiger partial charge in [0.2, 0.25) is 0 Å². The SMILES string of the molecule is COC(=O)c1c(NC(=O)C[NH+]2CC[C@@]3(O)CCCC[C@@H]3[C@@H]2c2ccc(F)cc2)sc2c1CCCC2. The zero-order valence-electron chi connectivity index (χ0n) is 20.2. The number of aliphatic hydroxyl groups is 1. The van der Waals surface area contributed by atoms with Crippen molar-refractivity contribution in [3.63, 3.8) is 0 Å². The van der Waals surface area contributed by atoms with Gasteiger partial charge in [-0.05, 0) is 56.2 Å². The Morgan fingerprint density at radius 2 is 1.94 bits per heavy atom. The summed E-state index contributed by atoms with van der Waals surface area (Å²) < 4.78 is 18.7. The number of fused-ring (bicyclic) bond motifs is 2. The van der Waals surface area contributed by atoms with E-state index in [1.54, 1.807) is 12.1 Å². The number of ether oxygens (including phenoxy) is 1. The number of quaternary nitrogens is 1. The second-order valence-electron chi connectivity index (χ2n) is 10.3. The summed E-state index contributed by atoms with van der Waals surface area (Å²) >= 11 is 1.49. The minimum Gasteiger partial charge on any atom is -0.465 e. The Balaban J connectivity index is 1.40. The number of nitrogens with one attached hydrogen (secondary N) is 2. The minimum atomic E-state index is -0.734. The topological polar surface area (TPSA) is 80.1 Å². The van der Waals surface area contributed by atoms with Gasteiger partial charge in [-0.3, -0.25) is 4.79 Å². The van der Waals surface area contributed by atoms with Gasteiger partial charge in [-0.15, -0.1) is 11.3 Å². The van der Waals surface area contributed by atoms with Gasteiger partial charge >= 0.3 is 5.97 Å². The van der Waals surface area contributed by atoms with Crippen LogP contribution in [-0.2, 0) is 22.4 Å². The van der Waals surface area contributed by atoms with E-state index < -0.39 is 11.6 Å². The molecule has 0 bridgehead atoms. The number of anilines is 1. The van der Waals surface area contributed by atoms with E-state index in [1.807, 2.05) is 0 Å². The minimum absolute atomic E-state index is 0.0259. The average Bonchev–Trinajstić information content (AvgIpc) is 3.22. The monoisotopic (exact) mass is 501 g/mol. The third-order valence-electron chi connectivity index (χ3n) is 8.22. The fourth-order valence-electron chi connectivity index (χ4n) is 6.54. The van der Waals surface area contributed by atoms with E-state index in [1.165, 1.54) is 30.6 Å². The summed E-state index contributed by atoms with van der Waals surface area (Å²) in [6, 6.07) is 6.42. The van der Waals surface area contributed by atoms with Crippen molar-refractivity contribution in [2.45, 2.75) is 69.4 Å². The zero-order valence-corrected chi connectivity index (χ0v) is 21.0. The maximum absolute atomic E-state index is 13.7. The van der Waals surface area contributed by atoms with Crippen LogP contribution in [0.5, 0.6) is 0 Å². The van der Waals surface area contributed by atoms with Crippen molar-refractivity contribution >= 4 is 28.2 Å². The molecule has 2 heterocycles. The first-order valence-electron chi connectivity index (χ1n) is 12.7. The molecule has 1 unspecified atom stereocenters. The second kappa shape index (κ2) is 9.99. The molecule has 1 aromatic carbocycles. The first-order chi connectivity index (χ1) is 16.9. The standard InChI is InChI=1S/C27H33FN2O4S/c1-34-26(32)23-19-6-2-3-8-21(19)35-25(23)29-22(31)16-30-15-14-27(33)13-5-4-7-20(27)24(30)17-9-11-18(28)12-10-17/h9-12,20,24,33H,2-8,13-16H2,1H3,(H,29,31)/p+1/t20-,24+,27+/m1/s1. The number of likely N-dealkylation sites (tertiary alicyclic amines) is 1. The van der Waals surface area contributed by atoms with Gasteiger partial charge in [0.1, 0.15) is 16.9 Å². The number of carbonyl (C=O) groups excluding carboxylic acids is 2. The van der Waals surface area contributed by atoms with Crippen molar-refractivity contribution in [2.75, 3.05) is 25.5 Å². The van der Waals surface area contributed by atoms with E-state index in [2.05, 4.69) is 5.32 Å². The van der Waals surface area contributed by atoms with Crippen LogP contribution < -0.4 is 10.2 Å². The predicted molar refractivity (Wildman–Crippen MR) is 132 cm³/mol. The van der Waals surface area contributed by atoms with Gasteiger partial charge in [0.15, 0.2) is 6.54 Å². The smallest absolute Gasteiger partial charge is 0.341 e. The Kier molecular flexibility index (Phi) is 6.97. The summed E-state index contributed by atoms with van der Waals surface area (Å²) in [6.07, 6.45) is 8.25. The van der Waals surface area contributed by atoms with Crippen LogP contribution in [0, 0.1) is 11.7 Å². The fraction of sp³-hybridized carbons (Fsp3) is 0.556. The Bertz CT molecular complexity index is 1100. The molecule has 2 fully saturated rings. The fourth-order valence-corrected chi connectivity index (χ4v) is 7.83. The second-order valence-corrected chi connectivity index (χ2v) is 11.4. The third-order valence-corrected chi connectivity index (χ3v) is 9.42. The van der Waals surface area contributed by atoms with Crippen molar-refractivity contribution in [1.82, 2.24) is 0 Å². The van der Waals surface area contributed by atoms with Crippen molar-refractivity contribution < 1.29 is 28.7 Å². The molecule has 2 aromatic rings. The van der Waals surface area contributed by atoms with E-state index in [0.29, 0.717) is 23.5 Å². The van der Waals surface area contributed by atoms with Gasteiger partial charge in [0.25, 0.3) is 5.91 Å². The summed E-state index contributed by atoms with van der Waals surface area (Å²) in [6.45, 7) is 0.880. The number of hydrogen-bond donors (Lipinski definition) is 3. The number of rotatable bonds is 5. The van der Waals surface area contributed by atoms with Crippen LogP contribution in [0.25, 0.3) is 0 Å². The number of carbonyl (C=O) groups is 2. The third kappa shape index (κ3) is 4.76. The van der Waals surface area contributed by atoms with Crippen LogP contribution in [0.3, 0.4) is 0 Å². The molecule has 188 valence electrons. The number of aryl methyl sites for hydroxylation is 1. The van der Waals surface area contributed by atoms with Crippen molar-refractivity contribution in [1.29, 1.82) is 0 Å². The quantitative estimate of drug-likeness (QED) is 0.549. The molecule has 1 saturated carbocycles. The van der Waals surface area contributed by atoms with E-state index in [4.69, 9.17) is 4.74 Å². The first kappa shape index (κ1) is 24.4. The highest BCUT2D eigenvalue weighted by atomic mass is 32.1. The summed E-state index contributed by atoms with van der Waals surface area (Å²) in [5.41, 5.74) is 1.75. The van der Waals surface area contributed by atoms with Crippen LogP contribution in [0.4, 0.5) is 9.39 Å². The van der Waals surface area contributed by atoms with Gasteiger partial charge in [0, 0.05) is 22.8 Å². The van der Waals surface area contributed by atoms with E-state index in [-0.39, 0.29) is 30.2 Å². The number of benzene rings is 1. The number of esters is 1. The molecule has 1 amide bonds. The molecule has 3 N–H and O–H groups in total. The molecular weight excluding hydrogens is 467 g/mol. The van der Waals surface area contributed by atoms with Crippen molar-refractivity contribution in [3.8, 4) is 0 Å². The van der Waals surface area contributed by atoms with Gasteiger partial charge < -0.3 is 20.1 Å². The Morgan fingerprint density at radius 1 is 1.17 bits per heavy atom. The average molecular weight is 502 g/mol. The highest BCUT2D eigenvalue weighted by Crippen LogP contribution is 2.44. The van der Waals surface area contributed by atoms with Crippen LogP contribution in [-0.4, -0.2) is 42.8 Å². The lowest BCUT2D eigenvalue weighted by molar-refractivity contribution is -0.937. The lowest BCUT2D eigenvalue weighted by atomic mass is 9.66. The molecule has 8 heteroatoms. The van der Waals surface area contributed by atoms with Gasteiger partial charge in [-0.25, -0.2) is 9.18 Å². The molecule has 35 heavy (non-hydrogen) atoms. The van der Waals surface area contributed by atoms with E-state index >= 15 is 0 Å². The maximum atomic E-state index is 13.7. The number of thiophene rings is 1. The number of halogens is 1. The predicted octanol–water partition coefficient (Wildman–Crippen LogP) is 3.44. The number of amides is 1. The van der Waals surface area contributed by atoms with Crippen molar-refractivity contribution in [3.05, 3.63) is 51.7 Å². The summed E-state index contributed by atoms with van der Waals surface area (Å²) in [4.78, 5) is 28.1.